The average molecular weight is 317 g/mol. The Morgan fingerprint density at radius 2 is 2.00 bits per heavy atom. The van der Waals surface area contributed by atoms with E-state index in [9.17, 15) is 18.0 Å². The third-order valence-corrected chi connectivity index (χ3v) is 3.12. The largest absolute Gasteiger partial charge is 0.476 e. The maximum Gasteiger partial charge on any atom is 0.356 e. The van der Waals surface area contributed by atoms with Gasteiger partial charge in [0, 0.05) is 5.56 Å². The van der Waals surface area contributed by atoms with E-state index in [0.717, 1.165) is 12.1 Å². The van der Waals surface area contributed by atoms with Crippen LogP contribution in [0.5, 0.6) is 0 Å². The van der Waals surface area contributed by atoms with Crippen LogP contribution in [-0.4, -0.2) is 16.1 Å². The smallest absolute Gasteiger partial charge is 0.356 e. The number of hydrogen-bond acceptors (Lipinski definition) is 3. The molecule has 0 radical (unpaired) electrons. The van der Waals surface area contributed by atoms with Crippen molar-refractivity contribution in [3.8, 4) is 11.3 Å². The molecular formula is C13H8ClF3N2O2. The maximum atomic E-state index is 13.5. The number of carboxylic acid groups (broad SMARTS) is 1. The molecule has 4 nitrogen and oxygen atoms in total. The van der Waals surface area contributed by atoms with Gasteiger partial charge in [0.1, 0.15) is 5.82 Å². The van der Waals surface area contributed by atoms with Crippen LogP contribution in [-0.2, 0) is 0 Å². The molecule has 2 rings (SSSR count). The number of nitrogen functional groups attached to an aromatic ring is 1. The Morgan fingerprint density at radius 1 is 1.33 bits per heavy atom. The summed E-state index contributed by atoms with van der Waals surface area (Å²) in [4.78, 5) is 14.7. The van der Waals surface area contributed by atoms with Gasteiger partial charge < -0.3 is 10.8 Å². The highest BCUT2D eigenvalue weighted by molar-refractivity contribution is 6.35. The van der Waals surface area contributed by atoms with Crippen molar-refractivity contribution in [1.29, 1.82) is 0 Å². The van der Waals surface area contributed by atoms with Gasteiger partial charge in [-0.1, -0.05) is 17.7 Å². The molecule has 3 N–H and O–H groups in total. The van der Waals surface area contributed by atoms with E-state index in [0.29, 0.717) is 0 Å². The summed E-state index contributed by atoms with van der Waals surface area (Å²) in [5, 5.41) is 8.72. The van der Waals surface area contributed by atoms with Crippen molar-refractivity contribution in [2.75, 3.05) is 5.73 Å². The Balaban J connectivity index is 2.57. The summed E-state index contributed by atoms with van der Waals surface area (Å²) in [7, 11) is 0. The molecule has 0 saturated carbocycles. The van der Waals surface area contributed by atoms with Crippen LogP contribution in [0.3, 0.4) is 0 Å². The molecule has 110 valence electrons. The van der Waals surface area contributed by atoms with Gasteiger partial charge in [0.05, 0.1) is 22.0 Å². The summed E-state index contributed by atoms with van der Waals surface area (Å²) < 4.78 is 38.5. The van der Waals surface area contributed by atoms with Crippen molar-refractivity contribution in [3.05, 3.63) is 46.4 Å². The molecule has 1 aromatic heterocycles. The minimum Gasteiger partial charge on any atom is -0.476 e. The first-order chi connectivity index (χ1) is 9.81. The molecule has 8 heteroatoms. The van der Waals surface area contributed by atoms with Crippen LogP contribution < -0.4 is 5.73 Å². The maximum absolute atomic E-state index is 13.5. The fourth-order valence-corrected chi connectivity index (χ4v) is 1.88. The number of nitrogens with zero attached hydrogens (tertiary/aromatic N) is 1. The van der Waals surface area contributed by atoms with Crippen molar-refractivity contribution in [1.82, 2.24) is 4.98 Å². The van der Waals surface area contributed by atoms with E-state index < -0.39 is 29.5 Å². The van der Waals surface area contributed by atoms with Crippen molar-refractivity contribution < 1.29 is 23.1 Å². The SMILES string of the molecule is Nc1cc(-c2ccc(C(F)F)c(F)c2)nc(C(=O)O)c1Cl. The Kier molecular flexibility index (Phi) is 4.04. The number of carbonyl (C=O) groups is 1. The number of alkyl halides is 2. The standard InChI is InChI=1S/C13H8ClF3N2O2/c14-10-8(18)4-9(19-11(10)13(20)21)5-1-2-6(12(16)17)7(15)3-5/h1-4,12H,(H2,18,19)(H,20,21). The van der Waals surface area contributed by atoms with E-state index in [4.69, 9.17) is 22.4 Å². The Hall–Kier alpha value is -2.28. The van der Waals surface area contributed by atoms with Crippen molar-refractivity contribution in [2.24, 2.45) is 0 Å². The zero-order valence-electron chi connectivity index (χ0n) is 10.3. The molecule has 0 amide bonds. The second-order valence-corrected chi connectivity index (χ2v) is 4.48. The zero-order chi connectivity index (χ0) is 15.7. The van der Waals surface area contributed by atoms with Gasteiger partial charge in [0.25, 0.3) is 6.43 Å². The molecule has 0 fully saturated rings. The molecule has 0 atom stereocenters. The molecule has 0 bridgehead atoms. The predicted molar refractivity (Wildman–Crippen MR) is 71.0 cm³/mol. The molecule has 0 spiro atoms. The molecule has 1 heterocycles. The van der Waals surface area contributed by atoms with E-state index in [-0.39, 0.29) is 22.0 Å². The zero-order valence-corrected chi connectivity index (χ0v) is 11.0. The lowest BCUT2D eigenvalue weighted by Crippen LogP contribution is -2.05. The molecule has 0 aliphatic heterocycles. The number of aromatic carboxylic acids is 1. The van der Waals surface area contributed by atoms with Gasteiger partial charge in [-0.3, -0.25) is 0 Å². The van der Waals surface area contributed by atoms with Gasteiger partial charge in [-0.05, 0) is 18.2 Å². The van der Waals surface area contributed by atoms with E-state index in [1.807, 2.05) is 0 Å². The van der Waals surface area contributed by atoms with E-state index >= 15 is 0 Å². The van der Waals surface area contributed by atoms with Crippen molar-refractivity contribution >= 4 is 23.3 Å². The summed E-state index contributed by atoms with van der Waals surface area (Å²) >= 11 is 5.70. The highest BCUT2D eigenvalue weighted by atomic mass is 35.5. The molecule has 0 unspecified atom stereocenters. The number of anilines is 1. The minimum atomic E-state index is -2.95. The van der Waals surface area contributed by atoms with Gasteiger partial charge in [0.2, 0.25) is 0 Å². The van der Waals surface area contributed by atoms with Crippen LogP contribution in [0.4, 0.5) is 18.9 Å². The number of hydrogen-bond donors (Lipinski definition) is 2. The lowest BCUT2D eigenvalue weighted by atomic mass is 10.1. The molecule has 2 aromatic rings. The molecule has 0 aliphatic carbocycles. The molecule has 0 saturated heterocycles. The van der Waals surface area contributed by atoms with E-state index in [1.165, 1.54) is 12.1 Å². The molecular weight excluding hydrogens is 309 g/mol. The van der Waals surface area contributed by atoms with Gasteiger partial charge in [-0.25, -0.2) is 22.9 Å². The third-order valence-electron chi connectivity index (χ3n) is 2.72. The van der Waals surface area contributed by atoms with Crippen LogP contribution >= 0.6 is 11.6 Å². The molecule has 21 heavy (non-hydrogen) atoms. The van der Waals surface area contributed by atoms with E-state index in [1.54, 1.807) is 0 Å². The van der Waals surface area contributed by atoms with Gasteiger partial charge in [0.15, 0.2) is 5.69 Å². The van der Waals surface area contributed by atoms with Crippen LogP contribution in [0, 0.1) is 5.82 Å². The lowest BCUT2D eigenvalue weighted by Gasteiger charge is -2.08. The van der Waals surface area contributed by atoms with Crippen LogP contribution in [0.2, 0.25) is 5.02 Å². The van der Waals surface area contributed by atoms with Crippen molar-refractivity contribution in [3.63, 3.8) is 0 Å². The first-order valence-corrected chi connectivity index (χ1v) is 5.96. The quantitative estimate of drug-likeness (QED) is 0.904. The average Bonchev–Trinajstić information content (AvgIpc) is 2.40. The molecule has 1 aromatic carbocycles. The lowest BCUT2D eigenvalue weighted by molar-refractivity contribution is 0.0691. The Morgan fingerprint density at radius 3 is 2.52 bits per heavy atom. The fourth-order valence-electron chi connectivity index (χ4n) is 1.70. The number of carboxylic acids is 1. The summed E-state index contributed by atoms with van der Waals surface area (Å²) in [6.45, 7) is 0. The van der Waals surface area contributed by atoms with Crippen LogP contribution in [0.1, 0.15) is 22.5 Å². The first-order valence-electron chi connectivity index (χ1n) is 5.58. The van der Waals surface area contributed by atoms with Crippen LogP contribution in [0.15, 0.2) is 24.3 Å². The Bertz CT molecular complexity index is 723. The summed E-state index contributed by atoms with van der Waals surface area (Å²) in [5.74, 6) is -2.52. The normalized spacial score (nSPS) is 10.9. The fraction of sp³-hybridized carbons (Fsp3) is 0.0769. The molecule has 0 aliphatic rings. The van der Waals surface area contributed by atoms with Gasteiger partial charge in [-0.2, -0.15) is 0 Å². The number of benzene rings is 1. The third kappa shape index (κ3) is 2.92. The first kappa shape index (κ1) is 15.1. The summed E-state index contributed by atoms with van der Waals surface area (Å²) in [6, 6.07) is 4.18. The van der Waals surface area contributed by atoms with Crippen LogP contribution in [0.25, 0.3) is 11.3 Å². The number of aromatic nitrogens is 1. The highest BCUT2D eigenvalue weighted by Gasteiger charge is 2.18. The number of pyridine rings is 1. The topological polar surface area (TPSA) is 76.2 Å². The second kappa shape index (κ2) is 5.61. The highest BCUT2D eigenvalue weighted by Crippen LogP contribution is 2.30. The van der Waals surface area contributed by atoms with Crippen molar-refractivity contribution in [2.45, 2.75) is 6.43 Å². The summed E-state index contributed by atoms with van der Waals surface area (Å²) in [5.41, 5.74) is 4.40. The second-order valence-electron chi connectivity index (χ2n) is 4.10. The monoisotopic (exact) mass is 316 g/mol. The number of nitrogens with two attached hydrogens (primary N) is 1. The Labute approximate surface area is 122 Å². The predicted octanol–water partition coefficient (Wildman–Crippen LogP) is 3.76. The number of rotatable bonds is 3. The van der Waals surface area contributed by atoms with Gasteiger partial charge in [-0.15, -0.1) is 0 Å². The van der Waals surface area contributed by atoms with E-state index in [2.05, 4.69) is 4.98 Å². The minimum absolute atomic E-state index is 0.0222. The number of halogens is 4. The van der Waals surface area contributed by atoms with Gasteiger partial charge >= 0.3 is 5.97 Å². The summed E-state index contributed by atoms with van der Waals surface area (Å²) in [6.07, 6.45) is -2.95.